The molecule has 0 spiro atoms. The Kier molecular flexibility index (Phi) is 5.17. The summed E-state index contributed by atoms with van der Waals surface area (Å²) in [4.78, 5) is 12.5. The van der Waals surface area contributed by atoms with Gasteiger partial charge in [-0.05, 0) is 43.3 Å². The number of halogens is 1. The fourth-order valence-electron chi connectivity index (χ4n) is 2.32. The van der Waals surface area contributed by atoms with E-state index in [0.717, 1.165) is 0 Å². The molecule has 0 atom stereocenters. The molecule has 0 fully saturated rings. The topological polar surface area (TPSA) is 73.6 Å². The standard InChI is InChI=1S/C19H17FN2O4/c1-12-17(11-25-16-5-3-4-13(20)10-16)18(22-26-12)19(23)21-14-6-8-15(24-2)9-7-14/h3-10H,11H2,1-2H3,(H,21,23). The summed E-state index contributed by atoms with van der Waals surface area (Å²) in [5.41, 5.74) is 1.21. The van der Waals surface area contributed by atoms with E-state index in [1.54, 1.807) is 50.4 Å². The third-order valence-corrected chi connectivity index (χ3v) is 3.73. The number of ether oxygens (including phenoxy) is 2. The molecule has 0 aliphatic rings. The van der Waals surface area contributed by atoms with Gasteiger partial charge in [-0.15, -0.1) is 0 Å². The van der Waals surface area contributed by atoms with Crippen molar-refractivity contribution in [2.24, 2.45) is 0 Å². The normalized spacial score (nSPS) is 10.4. The molecule has 0 saturated heterocycles. The molecule has 7 heteroatoms. The number of benzene rings is 2. The average molecular weight is 356 g/mol. The number of nitrogens with zero attached hydrogens (tertiary/aromatic N) is 1. The molecule has 6 nitrogen and oxygen atoms in total. The van der Waals surface area contributed by atoms with Crippen LogP contribution >= 0.6 is 0 Å². The van der Waals surface area contributed by atoms with Crippen molar-refractivity contribution in [3.05, 3.63) is 71.4 Å². The summed E-state index contributed by atoms with van der Waals surface area (Å²) >= 11 is 0. The number of hydrogen-bond donors (Lipinski definition) is 1. The SMILES string of the molecule is COc1ccc(NC(=O)c2noc(C)c2COc2cccc(F)c2)cc1. The number of methoxy groups -OCH3 is 1. The minimum absolute atomic E-state index is 0.0319. The second-order valence-corrected chi connectivity index (χ2v) is 5.49. The van der Waals surface area contributed by atoms with Gasteiger partial charge in [-0.3, -0.25) is 4.79 Å². The first-order valence-corrected chi connectivity index (χ1v) is 7.85. The molecule has 0 aliphatic carbocycles. The number of carbonyl (C=O) groups excluding carboxylic acids is 1. The Bertz CT molecular complexity index is 906. The van der Waals surface area contributed by atoms with Gasteiger partial charge in [0, 0.05) is 11.8 Å². The minimum Gasteiger partial charge on any atom is -0.497 e. The Hall–Kier alpha value is -3.35. The van der Waals surface area contributed by atoms with Crippen LogP contribution in [0.25, 0.3) is 0 Å². The van der Waals surface area contributed by atoms with Gasteiger partial charge < -0.3 is 19.3 Å². The molecule has 3 aromatic rings. The maximum Gasteiger partial charge on any atom is 0.278 e. The van der Waals surface area contributed by atoms with Gasteiger partial charge in [-0.25, -0.2) is 4.39 Å². The molecule has 3 rings (SSSR count). The highest BCUT2D eigenvalue weighted by Crippen LogP contribution is 2.20. The molecule has 1 aromatic heterocycles. The zero-order valence-corrected chi connectivity index (χ0v) is 14.3. The fraction of sp³-hybridized carbons (Fsp3) is 0.158. The largest absolute Gasteiger partial charge is 0.497 e. The van der Waals surface area contributed by atoms with Crippen LogP contribution in [0.2, 0.25) is 0 Å². The van der Waals surface area contributed by atoms with Crippen molar-refractivity contribution in [3.8, 4) is 11.5 Å². The molecule has 1 heterocycles. The van der Waals surface area contributed by atoms with Gasteiger partial charge in [0.2, 0.25) is 0 Å². The lowest BCUT2D eigenvalue weighted by Crippen LogP contribution is -2.15. The van der Waals surface area contributed by atoms with Gasteiger partial charge in [0.25, 0.3) is 5.91 Å². The van der Waals surface area contributed by atoms with Crippen LogP contribution in [-0.2, 0) is 6.61 Å². The second-order valence-electron chi connectivity index (χ2n) is 5.49. The predicted octanol–water partition coefficient (Wildman–Crippen LogP) is 3.96. The number of aromatic nitrogens is 1. The smallest absolute Gasteiger partial charge is 0.278 e. The first-order chi connectivity index (χ1) is 12.6. The van der Waals surface area contributed by atoms with Crippen LogP contribution in [0, 0.1) is 12.7 Å². The van der Waals surface area contributed by atoms with Gasteiger partial charge >= 0.3 is 0 Å². The molecule has 0 radical (unpaired) electrons. The average Bonchev–Trinajstić information content (AvgIpc) is 3.01. The summed E-state index contributed by atoms with van der Waals surface area (Å²) in [7, 11) is 1.57. The monoisotopic (exact) mass is 356 g/mol. The van der Waals surface area contributed by atoms with E-state index in [4.69, 9.17) is 14.0 Å². The number of nitrogens with one attached hydrogen (secondary N) is 1. The molecule has 0 saturated carbocycles. The van der Waals surface area contributed by atoms with E-state index >= 15 is 0 Å². The predicted molar refractivity (Wildman–Crippen MR) is 92.9 cm³/mol. The van der Waals surface area contributed by atoms with Crippen molar-refractivity contribution >= 4 is 11.6 Å². The Morgan fingerprint density at radius 3 is 2.65 bits per heavy atom. The lowest BCUT2D eigenvalue weighted by molar-refractivity contribution is 0.101. The third kappa shape index (κ3) is 4.00. The first kappa shape index (κ1) is 17.5. The highest BCUT2D eigenvalue weighted by molar-refractivity contribution is 6.03. The van der Waals surface area contributed by atoms with Gasteiger partial charge in [0.05, 0.1) is 12.7 Å². The Labute approximate surface area is 149 Å². The van der Waals surface area contributed by atoms with E-state index in [-0.39, 0.29) is 12.3 Å². The van der Waals surface area contributed by atoms with Gasteiger partial charge in [-0.1, -0.05) is 11.2 Å². The molecule has 26 heavy (non-hydrogen) atoms. The second kappa shape index (κ2) is 7.69. The Balaban J connectivity index is 1.72. The van der Waals surface area contributed by atoms with E-state index in [2.05, 4.69) is 10.5 Å². The van der Waals surface area contributed by atoms with Gasteiger partial charge in [0.1, 0.15) is 29.7 Å². The van der Waals surface area contributed by atoms with Crippen molar-refractivity contribution in [1.29, 1.82) is 0 Å². The summed E-state index contributed by atoms with van der Waals surface area (Å²) < 4.78 is 29.0. The van der Waals surface area contributed by atoms with Crippen LogP contribution < -0.4 is 14.8 Å². The Morgan fingerprint density at radius 2 is 1.96 bits per heavy atom. The van der Waals surface area contributed by atoms with E-state index in [9.17, 15) is 9.18 Å². The summed E-state index contributed by atoms with van der Waals surface area (Å²) in [6, 6.07) is 12.7. The van der Waals surface area contributed by atoms with Crippen LogP contribution in [0.5, 0.6) is 11.5 Å². The van der Waals surface area contributed by atoms with Crippen molar-refractivity contribution in [2.45, 2.75) is 13.5 Å². The summed E-state index contributed by atoms with van der Waals surface area (Å²) in [5.74, 6) is 0.671. The van der Waals surface area contributed by atoms with Crippen LogP contribution in [0.1, 0.15) is 21.8 Å². The molecule has 2 aromatic carbocycles. The summed E-state index contributed by atoms with van der Waals surface area (Å²) in [6.45, 7) is 1.71. The highest BCUT2D eigenvalue weighted by atomic mass is 19.1. The maximum atomic E-state index is 13.2. The molecule has 134 valence electrons. The molecule has 0 unspecified atom stereocenters. The molecular weight excluding hydrogens is 339 g/mol. The minimum atomic E-state index is -0.426. The van der Waals surface area contributed by atoms with Gasteiger partial charge in [-0.2, -0.15) is 0 Å². The maximum absolute atomic E-state index is 13.2. The lowest BCUT2D eigenvalue weighted by Gasteiger charge is -2.08. The number of amides is 1. The van der Waals surface area contributed by atoms with E-state index < -0.39 is 11.7 Å². The number of rotatable bonds is 6. The fourth-order valence-corrected chi connectivity index (χ4v) is 2.32. The molecule has 1 N–H and O–H groups in total. The van der Waals surface area contributed by atoms with Crippen molar-refractivity contribution in [3.63, 3.8) is 0 Å². The number of anilines is 1. The van der Waals surface area contributed by atoms with Crippen LogP contribution in [0.15, 0.2) is 53.1 Å². The van der Waals surface area contributed by atoms with E-state index in [1.807, 2.05) is 0 Å². The summed E-state index contributed by atoms with van der Waals surface area (Å²) in [6.07, 6.45) is 0. The van der Waals surface area contributed by atoms with Gasteiger partial charge in [0.15, 0.2) is 5.69 Å². The zero-order chi connectivity index (χ0) is 18.5. The molecule has 0 aliphatic heterocycles. The quantitative estimate of drug-likeness (QED) is 0.724. The molecular formula is C19H17FN2O4. The van der Waals surface area contributed by atoms with Crippen LogP contribution in [0.4, 0.5) is 10.1 Å². The molecule has 0 bridgehead atoms. The van der Waals surface area contributed by atoms with Crippen molar-refractivity contribution < 1.29 is 23.2 Å². The number of carbonyl (C=O) groups is 1. The van der Waals surface area contributed by atoms with Crippen molar-refractivity contribution in [2.75, 3.05) is 12.4 Å². The number of aryl methyl sites for hydroxylation is 1. The van der Waals surface area contributed by atoms with Crippen LogP contribution in [-0.4, -0.2) is 18.2 Å². The van der Waals surface area contributed by atoms with E-state index in [1.165, 1.54) is 12.1 Å². The first-order valence-electron chi connectivity index (χ1n) is 7.85. The zero-order valence-electron chi connectivity index (χ0n) is 14.3. The van der Waals surface area contributed by atoms with E-state index in [0.29, 0.717) is 28.5 Å². The van der Waals surface area contributed by atoms with Crippen LogP contribution in [0.3, 0.4) is 0 Å². The summed E-state index contributed by atoms with van der Waals surface area (Å²) in [5, 5.41) is 6.55. The highest BCUT2D eigenvalue weighted by Gasteiger charge is 2.20. The van der Waals surface area contributed by atoms with Crippen molar-refractivity contribution in [1.82, 2.24) is 5.16 Å². The number of hydrogen-bond acceptors (Lipinski definition) is 5. The third-order valence-electron chi connectivity index (χ3n) is 3.73. The molecule has 1 amide bonds. The Morgan fingerprint density at radius 1 is 1.19 bits per heavy atom. The lowest BCUT2D eigenvalue weighted by atomic mass is 10.2.